The van der Waals surface area contributed by atoms with Crippen LogP contribution in [-0.2, 0) is 4.79 Å². The lowest BCUT2D eigenvalue weighted by molar-refractivity contribution is -0.119. The predicted octanol–water partition coefficient (Wildman–Crippen LogP) is 2.59. The van der Waals surface area contributed by atoms with Crippen molar-refractivity contribution < 1.29 is 4.79 Å². The lowest BCUT2D eigenvalue weighted by Gasteiger charge is -1.98. The summed E-state index contributed by atoms with van der Waals surface area (Å²) in [6.07, 6.45) is 6.62. The zero-order valence-electron chi connectivity index (χ0n) is 8.07. The van der Waals surface area contributed by atoms with Crippen LogP contribution in [0.3, 0.4) is 0 Å². The Balaban J connectivity index is 3.08. The molecule has 0 heterocycles. The van der Waals surface area contributed by atoms with E-state index in [0.717, 1.165) is 44.9 Å². The number of unbranched alkanes of at least 4 members (excludes halogenated alkanes) is 3. The van der Waals surface area contributed by atoms with Gasteiger partial charge in [0.25, 0.3) is 0 Å². The second-order valence-electron chi connectivity index (χ2n) is 3.20. The molecule has 12 heavy (non-hydrogen) atoms. The monoisotopic (exact) mass is 170 g/mol. The fraction of sp³-hybridized carbons (Fsp3) is 0.900. The minimum atomic E-state index is 0.404. The van der Waals surface area contributed by atoms with Gasteiger partial charge in [0.05, 0.1) is 0 Å². The molecule has 0 aliphatic carbocycles. The van der Waals surface area contributed by atoms with Gasteiger partial charge in [-0.05, 0) is 19.3 Å². The fourth-order valence-corrected chi connectivity index (χ4v) is 1.12. The Kier molecular flexibility index (Phi) is 8.46. The summed E-state index contributed by atoms with van der Waals surface area (Å²) >= 11 is 0. The van der Waals surface area contributed by atoms with Gasteiger partial charge in [0.1, 0.15) is 5.78 Å². The molecule has 0 unspecified atom stereocenters. The van der Waals surface area contributed by atoms with Gasteiger partial charge in [-0.2, -0.15) is 0 Å². The molecule has 0 spiro atoms. The number of rotatable bonds is 8. The minimum Gasteiger partial charge on any atom is -0.300 e. The molecule has 1 radical (unpaired) electrons. The summed E-state index contributed by atoms with van der Waals surface area (Å²) < 4.78 is 0. The van der Waals surface area contributed by atoms with Gasteiger partial charge in [-0.25, -0.2) is 0 Å². The topological polar surface area (TPSA) is 40.9 Å². The van der Waals surface area contributed by atoms with Crippen LogP contribution in [0.2, 0.25) is 0 Å². The van der Waals surface area contributed by atoms with E-state index < -0.39 is 0 Å². The van der Waals surface area contributed by atoms with E-state index in [-0.39, 0.29) is 0 Å². The first-order valence-corrected chi connectivity index (χ1v) is 4.97. The van der Waals surface area contributed by atoms with Crippen molar-refractivity contribution in [3.05, 3.63) is 0 Å². The molecule has 0 aromatic carbocycles. The van der Waals surface area contributed by atoms with Crippen LogP contribution in [0.5, 0.6) is 0 Å². The highest BCUT2D eigenvalue weighted by atomic mass is 16.1. The maximum absolute atomic E-state index is 11.1. The summed E-state index contributed by atoms with van der Waals surface area (Å²) in [5.74, 6) is 0.404. The number of carbonyl (C=O) groups excluding carboxylic acids is 1. The SMILES string of the molecule is CCCCC(=O)CCCCC[NH]. The van der Waals surface area contributed by atoms with Crippen molar-refractivity contribution in [2.45, 2.75) is 51.9 Å². The third-order valence-corrected chi connectivity index (χ3v) is 1.94. The molecule has 71 valence electrons. The smallest absolute Gasteiger partial charge is 0.132 e. The zero-order valence-corrected chi connectivity index (χ0v) is 8.07. The van der Waals surface area contributed by atoms with Gasteiger partial charge < -0.3 is 0 Å². The van der Waals surface area contributed by atoms with Gasteiger partial charge in [0, 0.05) is 19.4 Å². The third-order valence-electron chi connectivity index (χ3n) is 1.94. The number of hydrogen-bond acceptors (Lipinski definition) is 1. The molecule has 0 aromatic heterocycles. The predicted molar refractivity (Wildman–Crippen MR) is 51.0 cm³/mol. The summed E-state index contributed by atoms with van der Waals surface area (Å²) in [7, 11) is 0. The molecule has 0 amide bonds. The van der Waals surface area contributed by atoms with Crippen molar-refractivity contribution in [1.29, 1.82) is 0 Å². The van der Waals surface area contributed by atoms with Crippen molar-refractivity contribution in [2.75, 3.05) is 6.54 Å². The van der Waals surface area contributed by atoms with Crippen LogP contribution in [0.15, 0.2) is 0 Å². The first-order chi connectivity index (χ1) is 5.81. The van der Waals surface area contributed by atoms with Crippen molar-refractivity contribution in [3.8, 4) is 0 Å². The van der Waals surface area contributed by atoms with Crippen molar-refractivity contribution in [2.24, 2.45) is 0 Å². The summed E-state index contributed by atoms with van der Waals surface area (Å²) in [5.41, 5.74) is 6.91. The van der Waals surface area contributed by atoms with Crippen LogP contribution >= 0.6 is 0 Å². The molecule has 1 N–H and O–H groups in total. The average Bonchev–Trinajstić information content (AvgIpc) is 2.09. The van der Waals surface area contributed by atoms with Gasteiger partial charge >= 0.3 is 0 Å². The Hall–Kier alpha value is -0.370. The highest BCUT2D eigenvalue weighted by molar-refractivity contribution is 5.78. The van der Waals surface area contributed by atoms with E-state index in [1.807, 2.05) is 0 Å². The second-order valence-corrected chi connectivity index (χ2v) is 3.20. The van der Waals surface area contributed by atoms with Crippen LogP contribution in [0.25, 0.3) is 0 Å². The Bertz CT molecular complexity index is 112. The molecule has 0 fully saturated rings. The van der Waals surface area contributed by atoms with Crippen LogP contribution in [-0.4, -0.2) is 12.3 Å². The molecule has 0 aliphatic rings. The summed E-state index contributed by atoms with van der Waals surface area (Å²) in [6, 6.07) is 0. The van der Waals surface area contributed by atoms with Gasteiger partial charge in [-0.15, -0.1) is 0 Å². The maximum atomic E-state index is 11.1. The Morgan fingerprint density at radius 3 is 2.33 bits per heavy atom. The molecule has 0 aromatic rings. The third kappa shape index (κ3) is 7.73. The molecular weight excluding hydrogens is 150 g/mol. The quantitative estimate of drug-likeness (QED) is 0.516. The van der Waals surface area contributed by atoms with Crippen LogP contribution < -0.4 is 5.73 Å². The van der Waals surface area contributed by atoms with E-state index in [9.17, 15) is 4.79 Å². The molecule has 0 atom stereocenters. The standard InChI is InChI=1S/C10H20NO/c1-2-3-7-10(12)8-5-4-6-9-11/h11H,2-9H2,1H3. The molecular formula is C10H20NO. The Morgan fingerprint density at radius 2 is 1.75 bits per heavy atom. The molecule has 0 saturated heterocycles. The van der Waals surface area contributed by atoms with Crippen molar-refractivity contribution in [1.82, 2.24) is 5.73 Å². The number of carbonyl (C=O) groups is 1. The maximum Gasteiger partial charge on any atom is 0.132 e. The van der Waals surface area contributed by atoms with Gasteiger partial charge in [-0.1, -0.05) is 19.8 Å². The van der Waals surface area contributed by atoms with Crippen molar-refractivity contribution in [3.63, 3.8) is 0 Å². The van der Waals surface area contributed by atoms with E-state index in [2.05, 4.69) is 6.92 Å². The van der Waals surface area contributed by atoms with Crippen LogP contribution in [0.4, 0.5) is 0 Å². The Labute approximate surface area is 75.5 Å². The minimum absolute atomic E-state index is 0.404. The Morgan fingerprint density at radius 1 is 1.08 bits per heavy atom. The first kappa shape index (κ1) is 11.6. The van der Waals surface area contributed by atoms with Gasteiger partial charge in [0.2, 0.25) is 0 Å². The molecule has 0 bridgehead atoms. The average molecular weight is 170 g/mol. The first-order valence-electron chi connectivity index (χ1n) is 4.97. The molecule has 0 saturated carbocycles. The number of ketones is 1. The highest BCUT2D eigenvalue weighted by Gasteiger charge is 1.99. The molecule has 2 heteroatoms. The van der Waals surface area contributed by atoms with Gasteiger partial charge in [-0.3, -0.25) is 10.5 Å². The summed E-state index contributed by atoms with van der Waals surface area (Å²) in [6.45, 7) is 2.61. The van der Waals surface area contributed by atoms with Crippen molar-refractivity contribution >= 4 is 5.78 Å². The van der Waals surface area contributed by atoms with E-state index >= 15 is 0 Å². The van der Waals surface area contributed by atoms with Crippen LogP contribution in [0, 0.1) is 0 Å². The normalized spacial score (nSPS) is 10.2. The van der Waals surface area contributed by atoms with E-state index in [0.29, 0.717) is 12.3 Å². The number of Topliss-reactive ketones (excluding diaryl/α,β-unsaturated/α-hetero) is 1. The van der Waals surface area contributed by atoms with Crippen LogP contribution in [0.1, 0.15) is 51.9 Å². The van der Waals surface area contributed by atoms with Gasteiger partial charge in [0.15, 0.2) is 0 Å². The summed E-state index contributed by atoms with van der Waals surface area (Å²) in [4.78, 5) is 11.1. The van der Waals surface area contributed by atoms with E-state index in [1.54, 1.807) is 0 Å². The largest absolute Gasteiger partial charge is 0.300 e. The zero-order chi connectivity index (χ0) is 9.23. The fourth-order valence-electron chi connectivity index (χ4n) is 1.12. The lowest BCUT2D eigenvalue weighted by atomic mass is 10.1. The second kappa shape index (κ2) is 8.72. The van der Waals surface area contributed by atoms with E-state index in [1.165, 1.54) is 0 Å². The molecule has 0 rings (SSSR count). The molecule has 0 aliphatic heterocycles. The lowest BCUT2D eigenvalue weighted by Crippen LogP contribution is -1.97. The summed E-state index contributed by atoms with van der Waals surface area (Å²) in [5, 5.41) is 0. The number of hydrogen-bond donors (Lipinski definition) is 0. The highest BCUT2D eigenvalue weighted by Crippen LogP contribution is 2.04. The van der Waals surface area contributed by atoms with E-state index in [4.69, 9.17) is 5.73 Å². The number of nitrogens with one attached hydrogen (secondary N) is 1. The molecule has 2 nitrogen and oxygen atoms in total.